The highest BCUT2D eigenvalue weighted by Crippen LogP contribution is 2.22. The Hall–Kier alpha value is -2.96. The van der Waals surface area contributed by atoms with Gasteiger partial charge in [-0.1, -0.05) is 6.07 Å². The average Bonchev–Trinajstić information content (AvgIpc) is 2.90. The maximum Gasteiger partial charge on any atom is 0.254 e. The third kappa shape index (κ3) is 3.63. The third-order valence-corrected chi connectivity index (χ3v) is 5.18. The summed E-state index contributed by atoms with van der Waals surface area (Å²) in [6.07, 6.45) is 2.60. The molecule has 1 amide bonds. The molecular weight excluding hydrogens is 342 g/mol. The molecule has 2 heterocycles. The highest BCUT2D eigenvalue weighted by molar-refractivity contribution is 5.79. The Labute approximate surface area is 156 Å². The van der Waals surface area contributed by atoms with E-state index in [2.05, 4.69) is 25.3 Å². The zero-order valence-corrected chi connectivity index (χ0v) is 15.6. The molecule has 1 unspecified atom stereocenters. The number of aromatic nitrogens is 4. The van der Waals surface area contributed by atoms with Crippen LogP contribution in [0.25, 0.3) is 11.0 Å². The molecule has 3 N–H and O–H groups in total. The molecular formula is C20H23N5O2. The molecule has 1 atom stereocenters. The van der Waals surface area contributed by atoms with Gasteiger partial charge in [0, 0.05) is 11.5 Å². The zero-order chi connectivity index (χ0) is 19.0. The van der Waals surface area contributed by atoms with E-state index < -0.39 is 0 Å². The van der Waals surface area contributed by atoms with Gasteiger partial charge in [0.15, 0.2) is 0 Å². The first-order chi connectivity index (χ1) is 13.0. The van der Waals surface area contributed by atoms with Gasteiger partial charge in [0.2, 0.25) is 5.91 Å². The van der Waals surface area contributed by atoms with Gasteiger partial charge in [0.25, 0.3) is 5.56 Å². The van der Waals surface area contributed by atoms with Crippen molar-refractivity contribution in [2.45, 2.75) is 46.1 Å². The van der Waals surface area contributed by atoms with Crippen LogP contribution < -0.4 is 10.9 Å². The molecule has 1 aromatic carbocycles. The van der Waals surface area contributed by atoms with Crippen LogP contribution in [-0.4, -0.2) is 25.8 Å². The number of aromatic amines is 2. The van der Waals surface area contributed by atoms with Crippen LogP contribution in [0.4, 0.5) is 0 Å². The Kier molecular flexibility index (Phi) is 4.51. The van der Waals surface area contributed by atoms with Crippen molar-refractivity contribution < 1.29 is 4.79 Å². The molecule has 0 saturated carbocycles. The molecule has 0 saturated heterocycles. The van der Waals surface area contributed by atoms with Gasteiger partial charge in [-0.3, -0.25) is 9.59 Å². The molecule has 3 aromatic rings. The van der Waals surface area contributed by atoms with Crippen LogP contribution in [0.15, 0.2) is 23.0 Å². The SMILES string of the molecule is Cc1ccc2nc(CNC(=O)C3CCc4nc(C)[nH]c(=O)c4CC3)[nH]c2c1. The molecule has 4 rings (SSSR count). The Morgan fingerprint density at radius 1 is 1.19 bits per heavy atom. The van der Waals surface area contributed by atoms with Gasteiger partial charge in [-0.05, 0) is 57.2 Å². The second kappa shape index (κ2) is 6.98. The second-order valence-corrected chi connectivity index (χ2v) is 7.27. The van der Waals surface area contributed by atoms with Crippen LogP contribution in [0, 0.1) is 19.8 Å². The summed E-state index contributed by atoms with van der Waals surface area (Å²) in [5, 5.41) is 2.99. The van der Waals surface area contributed by atoms with Crippen molar-refractivity contribution in [2.24, 2.45) is 5.92 Å². The van der Waals surface area contributed by atoms with Gasteiger partial charge in [-0.15, -0.1) is 0 Å². The van der Waals surface area contributed by atoms with Crippen molar-refractivity contribution in [3.05, 3.63) is 57.0 Å². The van der Waals surface area contributed by atoms with Crippen molar-refractivity contribution in [3.8, 4) is 0 Å². The van der Waals surface area contributed by atoms with E-state index in [0.29, 0.717) is 38.1 Å². The monoisotopic (exact) mass is 365 g/mol. The minimum atomic E-state index is -0.120. The minimum absolute atomic E-state index is 0.00703. The van der Waals surface area contributed by atoms with Gasteiger partial charge in [0.05, 0.1) is 23.3 Å². The summed E-state index contributed by atoms with van der Waals surface area (Å²) in [6.45, 7) is 4.19. The fourth-order valence-corrected chi connectivity index (χ4v) is 3.74. The number of carbonyl (C=O) groups is 1. The number of H-pyrrole nitrogens is 2. The molecule has 0 bridgehead atoms. The van der Waals surface area contributed by atoms with E-state index in [1.807, 2.05) is 25.1 Å². The molecule has 0 fully saturated rings. The lowest BCUT2D eigenvalue weighted by Crippen LogP contribution is -2.31. The predicted octanol–water partition coefficient (Wildman–Crippen LogP) is 2.07. The van der Waals surface area contributed by atoms with Crippen LogP contribution in [0.5, 0.6) is 0 Å². The summed E-state index contributed by atoms with van der Waals surface area (Å²) in [6, 6.07) is 6.04. The number of aryl methyl sites for hydroxylation is 3. The summed E-state index contributed by atoms with van der Waals surface area (Å²) >= 11 is 0. The van der Waals surface area contributed by atoms with E-state index in [1.165, 1.54) is 5.56 Å². The lowest BCUT2D eigenvalue weighted by Gasteiger charge is -2.13. The number of nitrogens with one attached hydrogen (secondary N) is 3. The number of fused-ring (bicyclic) bond motifs is 2. The minimum Gasteiger partial charge on any atom is -0.349 e. The van der Waals surface area contributed by atoms with Crippen LogP contribution >= 0.6 is 0 Å². The van der Waals surface area contributed by atoms with Gasteiger partial charge < -0.3 is 15.3 Å². The summed E-state index contributed by atoms with van der Waals surface area (Å²) in [5.74, 6) is 1.26. The van der Waals surface area contributed by atoms with Gasteiger partial charge in [-0.25, -0.2) is 9.97 Å². The molecule has 140 valence electrons. The quantitative estimate of drug-likeness (QED) is 0.618. The number of benzene rings is 1. The summed E-state index contributed by atoms with van der Waals surface area (Å²) < 4.78 is 0. The fraction of sp³-hybridized carbons (Fsp3) is 0.400. The van der Waals surface area contributed by atoms with Crippen LogP contribution in [0.2, 0.25) is 0 Å². The Morgan fingerprint density at radius 3 is 2.85 bits per heavy atom. The number of amides is 1. The summed E-state index contributed by atoms with van der Waals surface area (Å²) in [7, 11) is 0. The van der Waals surface area contributed by atoms with Crippen molar-refractivity contribution in [3.63, 3.8) is 0 Å². The molecule has 0 aliphatic heterocycles. The average molecular weight is 365 g/mol. The Morgan fingerprint density at radius 2 is 2.00 bits per heavy atom. The number of rotatable bonds is 3. The van der Waals surface area contributed by atoms with Crippen molar-refractivity contribution in [2.75, 3.05) is 0 Å². The van der Waals surface area contributed by atoms with Crippen LogP contribution in [0.1, 0.15) is 41.3 Å². The van der Waals surface area contributed by atoms with E-state index in [0.717, 1.165) is 28.1 Å². The van der Waals surface area contributed by atoms with E-state index in [1.54, 1.807) is 6.92 Å². The fourth-order valence-electron chi connectivity index (χ4n) is 3.74. The van der Waals surface area contributed by atoms with E-state index >= 15 is 0 Å². The molecule has 7 heteroatoms. The van der Waals surface area contributed by atoms with Gasteiger partial charge in [0.1, 0.15) is 11.6 Å². The molecule has 27 heavy (non-hydrogen) atoms. The normalized spacial score (nSPS) is 16.7. The first-order valence-electron chi connectivity index (χ1n) is 9.31. The number of nitrogens with zero attached hydrogens (tertiary/aromatic N) is 2. The second-order valence-electron chi connectivity index (χ2n) is 7.27. The van der Waals surface area contributed by atoms with Crippen LogP contribution in [0.3, 0.4) is 0 Å². The highest BCUT2D eigenvalue weighted by Gasteiger charge is 2.24. The lowest BCUT2D eigenvalue weighted by molar-refractivity contribution is -0.125. The summed E-state index contributed by atoms with van der Waals surface area (Å²) in [4.78, 5) is 39.7. The molecule has 2 aromatic heterocycles. The predicted molar refractivity (Wildman–Crippen MR) is 102 cm³/mol. The Bertz CT molecular complexity index is 1070. The van der Waals surface area contributed by atoms with Crippen LogP contribution in [-0.2, 0) is 24.2 Å². The maximum atomic E-state index is 12.6. The van der Waals surface area contributed by atoms with Crippen molar-refractivity contribution >= 4 is 16.9 Å². The maximum absolute atomic E-state index is 12.6. The smallest absolute Gasteiger partial charge is 0.254 e. The molecule has 1 aliphatic carbocycles. The first kappa shape index (κ1) is 17.5. The standard InChI is InChI=1S/C20H23N5O2/c1-11-3-7-16-17(9-11)25-18(24-16)10-21-19(26)13-4-6-14-15(8-5-13)22-12(2)23-20(14)27/h3,7,9,13H,4-6,8,10H2,1-2H3,(H,21,26)(H,24,25)(H,22,23,27). The van der Waals surface area contributed by atoms with Crippen molar-refractivity contribution in [1.29, 1.82) is 0 Å². The third-order valence-electron chi connectivity index (χ3n) is 5.18. The largest absolute Gasteiger partial charge is 0.349 e. The molecule has 7 nitrogen and oxygen atoms in total. The molecule has 0 radical (unpaired) electrons. The number of hydrogen-bond acceptors (Lipinski definition) is 4. The zero-order valence-electron chi connectivity index (χ0n) is 15.6. The van der Waals surface area contributed by atoms with E-state index in [4.69, 9.17) is 0 Å². The topological polar surface area (TPSA) is 104 Å². The van der Waals surface area contributed by atoms with Gasteiger partial charge >= 0.3 is 0 Å². The lowest BCUT2D eigenvalue weighted by atomic mass is 9.99. The first-order valence-corrected chi connectivity index (χ1v) is 9.31. The number of carbonyl (C=O) groups excluding carboxylic acids is 1. The Balaban J connectivity index is 1.41. The van der Waals surface area contributed by atoms with Crippen molar-refractivity contribution in [1.82, 2.24) is 25.3 Å². The summed E-state index contributed by atoms with van der Waals surface area (Å²) in [5.41, 5.74) is 4.53. The highest BCUT2D eigenvalue weighted by atomic mass is 16.2. The van der Waals surface area contributed by atoms with E-state index in [-0.39, 0.29) is 17.4 Å². The van der Waals surface area contributed by atoms with Gasteiger partial charge in [-0.2, -0.15) is 0 Å². The van der Waals surface area contributed by atoms with E-state index in [9.17, 15) is 9.59 Å². The molecule has 0 spiro atoms. The number of imidazole rings is 1. The number of hydrogen-bond donors (Lipinski definition) is 3. The molecule has 1 aliphatic rings.